The highest BCUT2D eigenvalue weighted by Crippen LogP contribution is 2.15. The zero-order valence-corrected chi connectivity index (χ0v) is 14.6. The number of carbonyl (C=O) groups is 1. The summed E-state index contributed by atoms with van der Waals surface area (Å²) in [6.07, 6.45) is 3.38. The fraction of sp³-hybridized carbons (Fsp3) is 0.0500. The van der Waals surface area contributed by atoms with Crippen LogP contribution >= 0.6 is 11.6 Å². The number of hydrazone groups is 1. The highest BCUT2D eigenvalue weighted by molar-refractivity contribution is 6.30. The minimum Gasteiger partial charge on any atom is -0.484 e. The second-order valence-corrected chi connectivity index (χ2v) is 5.78. The number of hydrogen-bond acceptors (Lipinski definition) is 4. The van der Waals surface area contributed by atoms with Gasteiger partial charge in [-0.3, -0.25) is 9.78 Å². The van der Waals surface area contributed by atoms with Crippen LogP contribution in [0.5, 0.6) is 5.75 Å². The lowest BCUT2D eigenvalue weighted by molar-refractivity contribution is -0.123. The third-order valence-electron chi connectivity index (χ3n) is 3.46. The summed E-state index contributed by atoms with van der Waals surface area (Å²) in [6, 6.07) is 20.1. The van der Waals surface area contributed by atoms with Gasteiger partial charge in [0, 0.05) is 28.5 Å². The lowest BCUT2D eigenvalue weighted by Crippen LogP contribution is -2.26. The van der Waals surface area contributed by atoms with E-state index in [9.17, 15) is 4.79 Å². The van der Waals surface area contributed by atoms with E-state index in [1.54, 1.807) is 36.7 Å². The number of pyridine rings is 1. The predicted octanol–water partition coefficient (Wildman–Crippen LogP) is 3.68. The molecule has 1 N–H and O–H groups in total. The van der Waals surface area contributed by atoms with Crippen LogP contribution in [0.2, 0.25) is 5.02 Å². The van der Waals surface area contributed by atoms with E-state index in [-0.39, 0.29) is 12.5 Å². The number of carbonyl (C=O) groups excluding carboxylic acids is 1. The second-order valence-electron chi connectivity index (χ2n) is 5.35. The number of halogens is 1. The molecule has 3 aromatic rings. The first-order valence-corrected chi connectivity index (χ1v) is 8.31. The van der Waals surface area contributed by atoms with Gasteiger partial charge in [-0.1, -0.05) is 41.9 Å². The first-order valence-electron chi connectivity index (χ1n) is 7.93. The van der Waals surface area contributed by atoms with Crippen LogP contribution in [0.1, 0.15) is 11.1 Å². The molecule has 2 aromatic carbocycles. The minimum absolute atomic E-state index is 0.153. The number of aromatic nitrogens is 1. The lowest BCUT2D eigenvalue weighted by atomic mass is 10.0. The molecule has 0 unspecified atom stereocenters. The Morgan fingerprint density at radius 1 is 1.00 bits per heavy atom. The monoisotopic (exact) mass is 365 g/mol. The summed E-state index contributed by atoms with van der Waals surface area (Å²) in [4.78, 5) is 16.2. The van der Waals surface area contributed by atoms with E-state index >= 15 is 0 Å². The van der Waals surface area contributed by atoms with Gasteiger partial charge in [-0.2, -0.15) is 5.10 Å². The number of nitrogens with zero attached hydrogens (tertiary/aromatic N) is 2. The van der Waals surface area contributed by atoms with Gasteiger partial charge >= 0.3 is 0 Å². The predicted molar refractivity (Wildman–Crippen MR) is 101 cm³/mol. The Kier molecular flexibility index (Phi) is 5.96. The van der Waals surface area contributed by atoms with E-state index < -0.39 is 0 Å². The van der Waals surface area contributed by atoms with Crippen molar-refractivity contribution in [3.8, 4) is 5.75 Å². The van der Waals surface area contributed by atoms with Crippen molar-refractivity contribution in [1.82, 2.24) is 10.4 Å². The topological polar surface area (TPSA) is 63.6 Å². The van der Waals surface area contributed by atoms with Crippen LogP contribution in [0, 0.1) is 0 Å². The normalized spacial score (nSPS) is 11.0. The molecule has 0 saturated heterocycles. The maximum Gasteiger partial charge on any atom is 0.277 e. The van der Waals surface area contributed by atoms with Gasteiger partial charge in [0.1, 0.15) is 5.75 Å². The lowest BCUT2D eigenvalue weighted by Gasteiger charge is -2.08. The minimum atomic E-state index is -0.364. The SMILES string of the molecule is O=C(COc1ccc(Cl)cc1)NN=C(c1ccccc1)c1cccnc1. The summed E-state index contributed by atoms with van der Waals surface area (Å²) in [5.41, 5.74) is 4.83. The average Bonchev–Trinajstić information content (AvgIpc) is 2.69. The van der Waals surface area contributed by atoms with Gasteiger partial charge in [0.25, 0.3) is 5.91 Å². The smallest absolute Gasteiger partial charge is 0.277 e. The van der Waals surface area contributed by atoms with Crippen molar-refractivity contribution in [2.45, 2.75) is 0 Å². The Morgan fingerprint density at radius 2 is 1.73 bits per heavy atom. The summed E-state index contributed by atoms with van der Waals surface area (Å²) in [7, 11) is 0. The first-order chi connectivity index (χ1) is 12.7. The molecule has 1 aromatic heterocycles. The van der Waals surface area contributed by atoms with Gasteiger partial charge in [0.05, 0.1) is 5.71 Å². The van der Waals surface area contributed by atoms with E-state index in [0.29, 0.717) is 16.5 Å². The summed E-state index contributed by atoms with van der Waals surface area (Å²) in [6.45, 7) is -0.153. The maximum atomic E-state index is 12.1. The van der Waals surface area contributed by atoms with Crippen molar-refractivity contribution in [3.63, 3.8) is 0 Å². The number of rotatable bonds is 6. The molecule has 0 atom stereocenters. The standard InChI is InChI=1S/C20H16ClN3O2/c21-17-8-10-18(11-9-17)26-14-19(25)23-24-20(15-5-2-1-3-6-15)16-7-4-12-22-13-16/h1-13H,14H2,(H,23,25). The average molecular weight is 366 g/mol. The van der Waals surface area contributed by atoms with Gasteiger partial charge in [0.15, 0.2) is 6.61 Å². The van der Waals surface area contributed by atoms with Crippen molar-refractivity contribution < 1.29 is 9.53 Å². The highest BCUT2D eigenvalue weighted by Gasteiger charge is 2.08. The Morgan fingerprint density at radius 3 is 2.42 bits per heavy atom. The zero-order chi connectivity index (χ0) is 18.2. The fourth-order valence-electron chi connectivity index (χ4n) is 2.22. The molecule has 6 heteroatoms. The Balaban J connectivity index is 1.70. The van der Waals surface area contributed by atoms with Crippen molar-refractivity contribution in [2.75, 3.05) is 6.61 Å². The summed E-state index contributed by atoms with van der Waals surface area (Å²) in [5, 5.41) is 4.87. The quantitative estimate of drug-likeness (QED) is 0.535. The Labute approximate surface area is 156 Å². The maximum absolute atomic E-state index is 12.1. The fourth-order valence-corrected chi connectivity index (χ4v) is 2.35. The van der Waals surface area contributed by atoms with E-state index in [0.717, 1.165) is 11.1 Å². The van der Waals surface area contributed by atoms with Gasteiger partial charge < -0.3 is 4.74 Å². The molecule has 0 radical (unpaired) electrons. The molecule has 1 heterocycles. The molecule has 26 heavy (non-hydrogen) atoms. The van der Waals surface area contributed by atoms with E-state index in [4.69, 9.17) is 16.3 Å². The van der Waals surface area contributed by atoms with Crippen molar-refractivity contribution in [2.24, 2.45) is 5.10 Å². The van der Waals surface area contributed by atoms with Gasteiger partial charge in [-0.25, -0.2) is 5.43 Å². The molecule has 0 spiro atoms. The Bertz CT molecular complexity index is 840. The molecule has 5 nitrogen and oxygen atoms in total. The van der Waals surface area contributed by atoms with Crippen LogP contribution in [0.15, 0.2) is 84.2 Å². The van der Waals surface area contributed by atoms with Crippen LogP contribution in [-0.2, 0) is 4.79 Å². The molecule has 1 amide bonds. The van der Waals surface area contributed by atoms with Gasteiger partial charge in [-0.15, -0.1) is 0 Å². The molecule has 130 valence electrons. The number of amides is 1. The third-order valence-corrected chi connectivity index (χ3v) is 3.71. The number of hydrogen-bond donors (Lipinski definition) is 1. The molecular weight excluding hydrogens is 350 g/mol. The second kappa shape index (κ2) is 8.78. The summed E-state index contributed by atoms with van der Waals surface area (Å²) in [5.74, 6) is 0.196. The van der Waals surface area contributed by atoms with Crippen LogP contribution in [0.4, 0.5) is 0 Å². The van der Waals surface area contributed by atoms with Gasteiger partial charge in [0.2, 0.25) is 0 Å². The van der Waals surface area contributed by atoms with E-state index in [2.05, 4.69) is 15.5 Å². The first kappa shape index (κ1) is 17.6. The molecule has 0 bridgehead atoms. The highest BCUT2D eigenvalue weighted by atomic mass is 35.5. The molecule has 0 fully saturated rings. The number of nitrogens with one attached hydrogen (secondary N) is 1. The van der Waals surface area contributed by atoms with Crippen molar-refractivity contribution >= 4 is 23.2 Å². The number of benzene rings is 2. The van der Waals surface area contributed by atoms with Crippen LogP contribution < -0.4 is 10.2 Å². The molecule has 0 aliphatic rings. The molecule has 0 saturated carbocycles. The van der Waals surface area contributed by atoms with Gasteiger partial charge in [-0.05, 0) is 36.4 Å². The van der Waals surface area contributed by atoms with E-state index in [1.807, 2.05) is 42.5 Å². The van der Waals surface area contributed by atoms with Crippen LogP contribution in [-0.4, -0.2) is 23.2 Å². The summed E-state index contributed by atoms with van der Waals surface area (Å²) >= 11 is 5.82. The molecule has 0 aliphatic carbocycles. The molecule has 0 aliphatic heterocycles. The van der Waals surface area contributed by atoms with E-state index in [1.165, 1.54) is 0 Å². The summed E-state index contributed by atoms with van der Waals surface area (Å²) < 4.78 is 5.41. The van der Waals surface area contributed by atoms with Crippen molar-refractivity contribution in [1.29, 1.82) is 0 Å². The van der Waals surface area contributed by atoms with Crippen LogP contribution in [0.3, 0.4) is 0 Å². The third kappa shape index (κ3) is 4.91. The van der Waals surface area contributed by atoms with Crippen molar-refractivity contribution in [3.05, 3.63) is 95.3 Å². The number of ether oxygens (including phenoxy) is 1. The largest absolute Gasteiger partial charge is 0.484 e. The molecular formula is C20H16ClN3O2. The molecule has 3 rings (SSSR count). The zero-order valence-electron chi connectivity index (χ0n) is 13.8. The van der Waals surface area contributed by atoms with Crippen LogP contribution in [0.25, 0.3) is 0 Å². The Hall–Kier alpha value is -3.18.